The first-order chi connectivity index (χ1) is 13.0. The molecule has 2 aromatic rings. The number of amides is 1. The van der Waals surface area contributed by atoms with Crippen LogP contribution in [0.3, 0.4) is 0 Å². The number of hydrogen-bond acceptors (Lipinski definition) is 4. The van der Waals surface area contributed by atoms with E-state index in [1.165, 1.54) is 0 Å². The van der Waals surface area contributed by atoms with Crippen molar-refractivity contribution in [3.05, 3.63) is 47.3 Å². The number of aryl methyl sites for hydroxylation is 1. The highest BCUT2D eigenvalue weighted by molar-refractivity contribution is 5.94. The normalized spacial score (nSPS) is 15.9. The molecule has 0 saturated carbocycles. The second kappa shape index (κ2) is 8.37. The second-order valence-electron chi connectivity index (χ2n) is 7.08. The predicted octanol–water partition coefficient (Wildman–Crippen LogP) is 3.44. The summed E-state index contributed by atoms with van der Waals surface area (Å²) < 4.78 is 7.25. The molecular formula is C21H27N3O3. The summed E-state index contributed by atoms with van der Waals surface area (Å²) in [6.45, 7) is 6.75. The molecule has 2 heterocycles. The zero-order valence-electron chi connectivity index (χ0n) is 16.3. The third-order valence-electron chi connectivity index (χ3n) is 5.05. The van der Waals surface area contributed by atoms with E-state index in [4.69, 9.17) is 4.74 Å². The molecule has 0 radical (unpaired) electrons. The molecule has 6 nitrogen and oxygen atoms in total. The van der Waals surface area contributed by atoms with Crippen LogP contribution in [-0.2, 0) is 9.53 Å². The Kier molecular flexibility index (Phi) is 5.94. The van der Waals surface area contributed by atoms with E-state index in [0.717, 1.165) is 44.5 Å². The average Bonchev–Trinajstić information content (AvgIpc) is 2.83. The molecule has 1 aromatic carbocycles. The highest BCUT2D eigenvalue weighted by Crippen LogP contribution is 2.20. The Balaban J connectivity index is 1.74. The van der Waals surface area contributed by atoms with E-state index in [9.17, 15) is 9.59 Å². The number of rotatable bonds is 4. The summed E-state index contributed by atoms with van der Waals surface area (Å²) in [5.74, 6) is -0.612. The lowest BCUT2D eigenvalue weighted by Crippen LogP contribution is -2.40. The van der Waals surface area contributed by atoms with Gasteiger partial charge >= 0.3 is 5.97 Å². The van der Waals surface area contributed by atoms with Crippen molar-refractivity contribution in [2.75, 3.05) is 13.1 Å². The number of benzene rings is 1. The highest BCUT2D eigenvalue weighted by atomic mass is 16.5. The third-order valence-corrected chi connectivity index (χ3v) is 5.05. The van der Waals surface area contributed by atoms with Crippen molar-refractivity contribution in [3.63, 3.8) is 0 Å². The molecule has 27 heavy (non-hydrogen) atoms. The van der Waals surface area contributed by atoms with Gasteiger partial charge < -0.3 is 9.64 Å². The fourth-order valence-corrected chi connectivity index (χ4v) is 3.58. The number of carbonyl (C=O) groups is 2. The first-order valence-corrected chi connectivity index (χ1v) is 9.60. The van der Waals surface area contributed by atoms with Gasteiger partial charge in [0.1, 0.15) is 5.56 Å². The zero-order valence-corrected chi connectivity index (χ0v) is 16.3. The largest absolute Gasteiger partial charge is 0.449 e. The molecule has 1 amide bonds. The first-order valence-electron chi connectivity index (χ1n) is 9.60. The number of carbonyl (C=O) groups excluding carboxylic acids is 2. The van der Waals surface area contributed by atoms with Crippen molar-refractivity contribution in [3.8, 4) is 5.69 Å². The Morgan fingerprint density at radius 1 is 1.04 bits per heavy atom. The maximum atomic E-state index is 12.8. The van der Waals surface area contributed by atoms with Crippen molar-refractivity contribution in [2.45, 2.75) is 52.6 Å². The van der Waals surface area contributed by atoms with E-state index in [1.54, 1.807) is 18.5 Å². The predicted molar refractivity (Wildman–Crippen MR) is 103 cm³/mol. The maximum Gasteiger partial charge on any atom is 0.342 e. The summed E-state index contributed by atoms with van der Waals surface area (Å²) in [7, 11) is 0. The third kappa shape index (κ3) is 4.21. The summed E-state index contributed by atoms with van der Waals surface area (Å²) in [6.07, 6.45) is 3.52. The molecule has 1 fully saturated rings. The SMILES string of the molecule is Cc1nn(-c2ccccc2)c(C)c1C(=O)O[C@H](C)C(=O)N1CCCCCC1. The van der Waals surface area contributed by atoms with Gasteiger partial charge in [-0.15, -0.1) is 0 Å². The highest BCUT2D eigenvalue weighted by Gasteiger charge is 2.28. The van der Waals surface area contributed by atoms with Gasteiger partial charge in [0.2, 0.25) is 0 Å². The molecule has 1 aromatic heterocycles. The van der Waals surface area contributed by atoms with Crippen molar-refractivity contribution < 1.29 is 14.3 Å². The number of ether oxygens (including phenoxy) is 1. The molecule has 0 N–H and O–H groups in total. The van der Waals surface area contributed by atoms with Crippen LogP contribution in [-0.4, -0.2) is 45.8 Å². The van der Waals surface area contributed by atoms with Crippen LogP contribution in [0.25, 0.3) is 5.69 Å². The van der Waals surface area contributed by atoms with Gasteiger partial charge in [0.25, 0.3) is 5.91 Å². The van der Waals surface area contributed by atoms with Crippen LogP contribution < -0.4 is 0 Å². The molecule has 144 valence electrons. The fourth-order valence-electron chi connectivity index (χ4n) is 3.58. The summed E-state index contributed by atoms with van der Waals surface area (Å²) in [6, 6.07) is 9.64. The van der Waals surface area contributed by atoms with Crippen LogP contribution in [0.15, 0.2) is 30.3 Å². The van der Waals surface area contributed by atoms with Gasteiger partial charge in [-0.25, -0.2) is 9.48 Å². The van der Waals surface area contributed by atoms with Crippen LogP contribution in [0.4, 0.5) is 0 Å². The van der Waals surface area contributed by atoms with Crippen molar-refractivity contribution in [1.82, 2.24) is 14.7 Å². The topological polar surface area (TPSA) is 64.4 Å². The van der Waals surface area contributed by atoms with Crippen LogP contribution in [0.1, 0.15) is 54.4 Å². The molecule has 0 aliphatic carbocycles. The molecule has 1 atom stereocenters. The van der Waals surface area contributed by atoms with Gasteiger partial charge in [0.05, 0.1) is 17.1 Å². The van der Waals surface area contributed by atoms with Gasteiger partial charge in [-0.3, -0.25) is 4.79 Å². The lowest BCUT2D eigenvalue weighted by atomic mass is 10.2. The van der Waals surface area contributed by atoms with Gasteiger partial charge in [-0.2, -0.15) is 5.10 Å². The summed E-state index contributed by atoms with van der Waals surface area (Å²) in [5, 5.41) is 4.48. The monoisotopic (exact) mass is 369 g/mol. The minimum atomic E-state index is -0.797. The number of aromatic nitrogens is 2. The Morgan fingerprint density at radius 3 is 2.30 bits per heavy atom. The lowest BCUT2D eigenvalue weighted by Gasteiger charge is -2.24. The summed E-state index contributed by atoms with van der Waals surface area (Å²) in [4.78, 5) is 27.2. The van der Waals surface area contributed by atoms with Gasteiger partial charge in [0.15, 0.2) is 6.10 Å². The zero-order chi connectivity index (χ0) is 19.4. The smallest absolute Gasteiger partial charge is 0.342 e. The standard InChI is InChI=1S/C21H27N3O3/c1-15-19(16(2)24(22-15)18-11-7-6-8-12-18)21(26)27-17(3)20(25)23-13-9-4-5-10-14-23/h6-8,11-12,17H,4-5,9-10,13-14H2,1-3H3/t17-/m1/s1. The minimum Gasteiger partial charge on any atom is -0.449 e. The molecular weight excluding hydrogens is 342 g/mol. The molecule has 6 heteroatoms. The van der Waals surface area contributed by atoms with Crippen LogP contribution in [0.2, 0.25) is 0 Å². The molecule has 1 saturated heterocycles. The molecule has 3 rings (SSSR count). The number of likely N-dealkylation sites (tertiary alicyclic amines) is 1. The van der Waals surface area contributed by atoms with E-state index in [2.05, 4.69) is 5.10 Å². The summed E-state index contributed by atoms with van der Waals surface area (Å²) in [5.41, 5.74) is 2.61. The number of hydrogen-bond donors (Lipinski definition) is 0. The number of esters is 1. The second-order valence-corrected chi connectivity index (χ2v) is 7.08. The van der Waals surface area contributed by atoms with Crippen molar-refractivity contribution in [2.24, 2.45) is 0 Å². The maximum absolute atomic E-state index is 12.8. The number of para-hydroxylation sites is 1. The Bertz CT molecular complexity index is 806. The minimum absolute atomic E-state index is 0.115. The first kappa shape index (κ1) is 19.1. The lowest BCUT2D eigenvalue weighted by molar-refractivity contribution is -0.139. The number of nitrogens with zero attached hydrogens (tertiary/aromatic N) is 3. The quantitative estimate of drug-likeness (QED) is 0.775. The Morgan fingerprint density at radius 2 is 1.67 bits per heavy atom. The van der Waals surface area contributed by atoms with E-state index < -0.39 is 12.1 Å². The molecule has 1 aliphatic heterocycles. The van der Waals surface area contributed by atoms with Crippen molar-refractivity contribution >= 4 is 11.9 Å². The Labute approximate surface area is 160 Å². The van der Waals surface area contributed by atoms with Gasteiger partial charge in [0, 0.05) is 13.1 Å². The fraction of sp³-hybridized carbons (Fsp3) is 0.476. The van der Waals surface area contributed by atoms with E-state index in [1.807, 2.05) is 42.2 Å². The van der Waals surface area contributed by atoms with Crippen LogP contribution in [0.5, 0.6) is 0 Å². The molecule has 0 unspecified atom stereocenters. The average molecular weight is 369 g/mol. The Hall–Kier alpha value is -2.63. The van der Waals surface area contributed by atoms with Gasteiger partial charge in [-0.1, -0.05) is 31.0 Å². The van der Waals surface area contributed by atoms with Crippen molar-refractivity contribution in [1.29, 1.82) is 0 Å². The van der Waals surface area contributed by atoms with Crippen LogP contribution >= 0.6 is 0 Å². The van der Waals surface area contributed by atoms with E-state index >= 15 is 0 Å². The molecule has 1 aliphatic rings. The van der Waals surface area contributed by atoms with Crippen LogP contribution in [0, 0.1) is 13.8 Å². The molecule has 0 bridgehead atoms. The molecule has 0 spiro atoms. The van der Waals surface area contributed by atoms with Gasteiger partial charge in [-0.05, 0) is 45.7 Å². The summed E-state index contributed by atoms with van der Waals surface area (Å²) >= 11 is 0. The van der Waals surface area contributed by atoms with E-state index in [-0.39, 0.29) is 5.91 Å². The van der Waals surface area contributed by atoms with E-state index in [0.29, 0.717) is 17.0 Å².